The number of nitrogens with zero attached hydrogens (tertiary/aromatic N) is 2. The van der Waals surface area contributed by atoms with E-state index in [0.717, 1.165) is 0 Å². The van der Waals surface area contributed by atoms with Crippen molar-refractivity contribution in [2.45, 2.75) is 0 Å². The van der Waals surface area contributed by atoms with Crippen LogP contribution in [0.2, 0.25) is 0 Å². The van der Waals surface area contributed by atoms with Gasteiger partial charge in [0, 0.05) is 18.6 Å². The van der Waals surface area contributed by atoms with Crippen molar-refractivity contribution in [3.8, 4) is 0 Å². The van der Waals surface area contributed by atoms with E-state index < -0.39 is 0 Å². The van der Waals surface area contributed by atoms with Crippen molar-refractivity contribution in [1.82, 2.24) is 10.7 Å². The van der Waals surface area contributed by atoms with Gasteiger partial charge in [-0.1, -0.05) is 5.65 Å². The molecule has 0 atom stereocenters. The van der Waals surface area contributed by atoms with E-state index in [2.05, 4.69) is 4.99 Å². The summed E-state index contributed by atoms with van der Waals surface area (Å²) in [6.45, 7) is 0.479. The first-order chi connectivity index (χ1) is 3.93. The molecule has 0 saturated carbocycles. The summed E-state index contributed by atoms with van der Waals surface area (Å²) in [6, 6.07) is 0. The van der Waals surface area contributed by atoms with E-state index in [4.69, 9.17) is 0 Å². The Morgan fingerprint density at radius 3 is 3.00 bits per heavy atom. The fourth-order valence-electron chi connectivity index (χ4n) is 0.438. The topological polar surface area (TPSA) is 27.6 Å². The van der Waals surface area contributed by atoms with Crippen molar-refractivity contribution in [3.63, 3.8) is 0 Å². The molecule has 1 aliphatic heterocycles. The molecule has 3 nitrogen and oxygen atoms in total. The van der Waals surface area contributed by atoms with E-state index in [9.17, 15) is 4.48 Å². The van der Waals surface area contributed by atoms with Crippen LogP contribution in [0, 0.1) is 0 Å². The lowest BCUT2D eigenvalue weighted by molar-refractivity contribution is 0.130. The van der Waals surface area contributed by atoms with Crippen molar-refractivity contribution in [3.05, 3.63) is 12.4 Å². The van der Waals surface area contributed by atoms with E-state index in [1.807, 2.05) is 0 Å². The van der Waals surface area contributed by atoms with E-state index >= 15 is 0 Å². The molecular weight excluding hydrogens is 109 g/mol. The molecule has 4 heteroatoms. The fourth-order valence-corrected chi connectivity index (χ4v) is 0.438. The van der Waals surface area contributed by atoms with Crippen LogP contribution in [0.15, 0.2) is 17.4 Å². The molecule has 0 aromatic heterocycles. The number of aliphatic imine (C=N–C) groups is 1. The molecule has 0 aliphatic carbocycles. The molecule has 0 amide bonds. The Labute approximate surface area is 46.4 Å². The first kappa shape index (κ1) is 5.24. The van der Waals surface area contributed by atoms with E-state index in [1.54, 1.807) is 6.21 Å². The maximum atomic E-state index is 11.4. The third kappa shape index (κ3) is 1.04. The highest BCUT2D eigenvalue weighted by Crippen LogP contribution is 1.88. The van der Waals surface area contributed by atoms with Crippen LogP contribution in [0.4, 0.5) is 4.48 Å². The maximum absolute atomic E-state index is 11.4. The fraction of sp³-hybridized carbons (Fsp3) is 0.250. The van der Waals surface area contributed by atoms with Gasteiger partial charge in [-0.3, -0.25) is 10.0 Å². The van der Waals surface area contributed by atoms with Crippen molar-refractivity contribution < 1.29 is 4.48 Å². The largest absolute Gasteiger partial charge is 0.282 e. The van der Waals surface area contributed by atoms with Gasteiger partial charge in [0.05, 0.1) is 6.54 Å². The van der Waals surface area contributed by atoms with Crippen LogP contribution in [0.5, 0.6) is 0 Å². The highest BCUT2D eigenvalue weighted by molar-refractivity contribution is 5.61. The molecule has 1 rings (SSSR count). The van der Waals surface area contributed by atoms with Crippen LogP contribution in [-0.2, 0) is 0 Å². The molecule has 0 fully saturated rings. The normalized spacial score (nSPS) is 17.4. The zero-order valence-corrected chi connectivity index (χ0v) is 4.21. The molecule has 0 aromatic carbocycles. The van der Waals surface area contributed by atoms with E-state index in [-0.39, 0.29) is 0 Å². The first-order valence-electron chi connectivity index (χ1n) is 2.24. The van der Waals surface area contributed by atoms with Crippen molar-refractivity contribution in [2.75, 3.05) is 6.54 Å². The van der Waals surface area contributed by atoms with E-state index in [0.29, 0.717) is 6.54 Å². The van der Waals surface area contributed by atoms with Crippen LogP contribution in [-0.4, -0.2) is 17.8 Å². The SMILES string of the molecule is FNN1C=CN=CC1. The quantitative estimate of drug-likeness (QED) is 0.495. The molecule has 0 saturated heterocycles. The standard InChI is InChI=1S/C4H6FN3/c5-7-8-3-1-6-2-4-8/h1-3,7H,4H2. The number of hydrogen-bond donors (Lipinski definition) is 1. The summed E-state index contributed by atoms with van der Waals surface area (Å²) in [7, 11) is 0. The lowest BCUT2D eigenvalue weighted by Gasteiger charge is -2.13. The zero-order chi connectivity index (χ0) is 5.82. The van der Waals surface area contributed by atoms with Crippen molar-refractivity contribution in [1.29, 1.82) is 0 Å². The van der Waals surface area contributed by atoms with Gasteiger partial charge >= 0.3 is 0 Å². The molecule has 0 radical (unpaired) electrons. The van der Waals surface area contributed by atoms with E-state index in [1.165, 1.54) is 23.1 Å². The third-order valence-electron chi connectivity index (χ3n) is 0.825. The van der Waals surface area contributed by atoms with Gasteiger partial charge < -0.3 is 0 Å². The lowest BCUT2D eigenvalue weighted by atomic mass is 10.6. The molecule has 8 heavy (non-hydrogen) atoms. The molecule has 0 bridgehead atoms. The number of rotatable bonds is 1. The minimum absolute atomic E-state index is 0.479. The van der Waals surface area contributed by atoms with Gasteiger partial charge in [-0.05, 0) is 0 Å². The van der Waals surface area contributed by atoms with Gasteiger partial charge in [-0.2, -0.15) is 0 Å². The molecule has 44 valence electrons. The number of hydrazine groups is 1. The predicted molar refractivity (Wildman–Crippen MR) is 28.6 cm³/mol. The monoisotopic (exact) mass is 115 g/mol. The minimum Gasteiger partial charge on any atom is -0.282 e. The molecule has 1 aliphatic rings. The van der Waals surface area contributed by atoms with Crippen molar-refractivity contribution in [2.24, 2.45) is 4.99 Å². The number of hydrogen-bond acceptors (Lipinski definition) is 3. The smallest absolute Gasteiger partial charge is 0.0716 e. The highest BCUT2D eigenvalue weighted by atomic mass is 19.2. The van der Waals surface area contributed by atoms with Crippen molar-refractivity contribution >= 4 is 6.21 Å². The lowest BCUT2D eigenvalue weighted by Crippen LogP contribution is -2.29. The number of nitrogens with one attached hydrogen (secondary N) is 1. The first-order valence-corrected chi connectivity index (χ1v) is 2.24. The third-order valence-corrected chi connectivity index (χ3v) is 0.825. The van der Waals surface area contributed by atoms with Gasteiger partial charge in [0.15, 0.2) is 0 Å². The van der Waals surface area contributed by atoms with Crippen LogP contribution in [0.3, 0.4) is 0 Å². The average Bonchev–Trinajstić information content (AvgIpc) is 1.90. The molecular formula is C4H6FN3. The summed E-state index contributed by atoms with van der Waals surface area (Å²) in [5.41, 5.74) is 1.46. The second kappa shape index (κ2) is 2.42. The number of halogens is 1. The summed E-state index contributed by atoms with van der Waals surface area (Å²) >= 11 is 0. The minimum atomic E-state index is 0.479. The summed E-state index contributed by atoms with van der Waals surface area (Å²) in [5.74, 6) is 0. The second-order valence-corrected chi connectivity index (χ2v) is 1.37. The zero-order valence-electron chi connectivity index (χ0n) is 4.21. The Balaban J connectivity index is 2.40. The van der Waals surface area contributed by atoms with Gasteiger partial charge in [0.1, 0.15) is 0 Å². The van der Waals surface area contributed by atoms with Crippen LogP contribution in [0.1, 0.15) is 0 Å². The second-order valence-electron chi connectivity index (χ2n) is 1.37. The summed E-state index contributed by atoms with van der Waals surface area (Å²) in [6.07, 6.45) is 4.63. The Kier molecular flexibility index (Phi) is 1.58. The van der Waals surface area contributed by atoms with Crippen LogP contribution in [0.25, 0.3) is 0 Å². The van der Waals surface area contributed by atoms with Gasteiger partial charge in [-0.25, -0.2) is 0 Å². The molecule has 1 heterocycles. The summed E-state index contributed by atoms with van der Waals surface area (Å²) in [4.78, 5) is 3.72. The maximum Gasteiger partial charge on any atom is 0.0716 e. The Morgan fingerprint density at radius 1 is 1.75 bits per heavy atom. The Hall–Kier alpha value is -0.900. The Morgan fingerprint density at radius 2 is 2.62 bits per heavy atom. The molecule has 1 N–H and O–H groups in total. The predicted octanol–water partition coefficient (Wildman–Crippen LogP) is 0.233. The van der Waals surface area contributed by atoms with Crippen LogP contribution < -0.4 is 5.65 Å². The van der Waals surface area contributed by atoms with Crippen LogP contribution >= 0.6 is 0 Å². The molecule has 0 aromatic rings. The average molecular weight is 115 g/mol. The summed E-state index contributed by atoms with van der Waals surface area (Å²) in [5, 5.41) is 1.27. The molecule has 0 unspecified atom stereocenters. The molecule has 0 spiro atoms. The highest BCUT2D eigenvalue weighted by Gasteiger charge is 1.94. The Bertz CT molecular complexity index is 120. The van der Waals surface area contributed by atoms with Gasteiger partial charge in [-0.15, -0.1) is 4.48 Å². The van der Waals surface area contributed by atoms with Gasteiger partial charge in [0.2, 0.25) is 0 Å². The summed E-state index contributed by atoms with van der Waals surface area (Å²) < 4.78 is 11.4. The van der Waals surface area contributed by atoms with Gasteiger partial charge in [0.25, 0.3) is 0 Å².